The van der Waals surface area contributed by atoms with Crippen molar-refractivity contribution in [1.29, 1.82) is 0 Å². The van der Waals surface area contributed by atoms with Gasteiger partial charge < -0.3 is 5.32 Å². The highest BCUT2D eigenvalue weighted by Crippen LogP contribution is 2.18. The van der Waals surface area contributed by atoms with Crippen LogP contribution in [0.15, 0.2) is 42.9 Å². The molecule has 106 valence electrons. The van der Waals surface area contributed by atoms with Gasteiger partial charge in [0.2, 0.25) is 5.95 Å². The second-order valence-corrected chi connectivity index (χ2v) is 5.18. The molecule has 21 heavy (non-hydrogen) atoms. The van der Waals surface area contributed by atoms with Crippen molar-refractivity contribution >= 4 is 23.2 Å². The highest BCUT2D eigenvalue weighted by atomic mass is 35.5. The van der Waals surface area contributed by atoms with Crippen molar-refractivity contribution in [3.8, 4) is 5.69 Å². The summed E-state index contributed by atoms with van der Waals surface area (Å²) >= 11 is 5.93. The average Bonchev–Trinajstić information content (AvgIpc) is 2.92. The number of rotatable bonds is 3. The Morgan fingerprint density at radius 3 is 2.62 bits per heavy atom. The van der Waals surface area contributed by atoms with E-state index in [4.69, 9.17) is 11.6 Å². The number of hydrogen-bond acceptors (Lipinski definition) is 4. The molecule has 0 aliphatic heterocycles. The third-order valence-electron chi connectivity index (χ3n) is 3.09. The number of hydrogen-bond donors (Lipinski definition) is 1. The third-order valence-corrected chi connectivity index (χ3v) is 3.29. The molecule has 0 amide bonds. The Morgan fingerprint density at radius 2 is 1.86 bits per heavy atom. The maximum atomic E-state index is 5.93. The lowest BCUT2D eigenvalue weighted by Gasteiger charge is -2.05. The highest BCUT2D eigenvalue weighted by Gasteiger charge is 2.07. The number of aryl methyl sites for hydroxylation is 2. The molecule has 0 unspecified atom stereocenters. The molecule has 0 aliphatic carbocycles. The third kappa shape index (κ3) is 3.03. The van der Waals surface area contributed by atoms with Crippen LogP contribution in [0.3, 0.4) is 0 Å². The van der Waals surface area contributed by atoms with Crippen LogP contribution in [0.25, 0.3) is 5.69 Å². The zero-order chi connectivity index (χ0) is 14.8. The van der Waals surface area contributed by atoms with Gasteiger partial charge in [-0.3, -0.25) is 0 Å². The quantitative estimate of drug-likeness (QED) is 0.750. The SMILES string of the molecule is Cc1ccc(Nc2ncn(-c3cc(Cl)ncc3C)n2)cc1. The van der Waals surface area contributed by atoms with Crippen LogP contribution in [-0.4, -0.2) is 19.7 Å². The monoisotopic (exact) mass is 299 g/mol. The molecule has 3 aromatic rings. The van der Waals surface area contributed by atoms with Crippen LogP contribution in [-0.2, 0) is 0 Å². The van der Waals surface area contributed by atoms with Crippen molar-refractivity contribution in [3.63, 3.8) is 0 Å². The van der Waals surface area contributed by atoms with Gasteiger partial charge in [0.1, 0.15) is 11.5 Å². The molecule has 6 heteroatoms. The fourth-order valence-electron chi connectivity index (χ4n) is 1.94. The Balaban J connectivity index is 1.86. The Bertz CT molecular complexity index is 764. The molecule has 0 saturated heterocycles. The molecule has 0 aliphatic rings. The highest BCUT2D eigenvalue weighted by molar-refractivity contribution is 6.29. The van der Waals surface area contributed by atoms with Gasteiger partial charge in [-0.05, 0) is 31.5 Å². The molecule has 2 heterocycles. The standard InChI is InChI=1S/C15H14ClN5/c1-10-3-5-12(6-4-10)19-15-18-9-21(20-15)13-7-14(16)17-8-11(13)2/h3-9H,1-2H3,(H,19,20). The molecular weight excluding hydrogens is 286 g/mol. The minimum absolute atomic E-state index is 0.430. The fraction of sp³-hybridized carbons (Fsp3) is 0.133. The summed E-state index contributed by atoms with van der Waals surface area (Å²) < 4.78 is 1.68. The van der Waals surface area contributed by atoms with Gasteiger partial charge in [-0.1, -0.05) is 29.3 Å². The van der Waals surface area contributed by atoms with Gasteiger partial charge in [-0.25, -0.2) is 9.67 Å². The number of nitrogens with zero attached hydrogens (tertiary/aromatic N) is 4. The molecular formula is C15H14ClN5. The molecule has 1 aromatic carbocycles. The first-order valence-corrected chi connectivity index (χ1v) is 6.87. The van der Waals surface area contributed by atoms with Gasteiger partial charge in [0.15, 0.2) is 0 Å². The smallest absolute Gasteiger partial charge is 0.246 e. The summed E-state index contributed by atoms with van der Waals surface area (Å²) in [5.41, 5.74) is 3.99. The van der Waals surface area contributed by atoms with E-state index < -0.39 is 0 Å². The second kappa shape index (κ2) is 5.54. The average molecular weight is 300 g/mol. The van der Waals surface area contributed by atoms with E-state index in [2.05, 4.69) is 20.4 Å². The Kier molecular flexibility index (Phi) is 3.58. The van der Waals surface area contributed by atoms with Crippen LogP contribution in [0.1, 0.15) is 11.1 Å². The second-order valence-electron chi connectivity index (χ2n) is 4.80. The summed E-state index contributed by atoms with van der Waals surface area (Å²) in [7, 11) is 0. The zero-order valence-corrected chi connectivity index (χ0v) is 12.5. The van der Waals surface area contributed by atoms with Crippen molar-refractivity contribution < 1.29 is 0 Å². The minimum Gasteiger partial charge on any atom is -0.323 e. The summed E-state index contributed by atoms with van der Waals surface area (Å²) in [5.74, 6) is 0.534. The fourth-order valence-corrected chi connectivity index (χ4v) is 2.09. The van der Waals surface area contributed by atoms with Crippen molar-refractivity contribution in [3.05, 3.63) is 59.1 Å². The molecule has 0 fully saturated rings. The van der Waals surface area contributed by atoms with E-state index in [1.807, 2.05) is 38.1 Å². The molecule has 1 N–H and O–H groups in total. The first-order valence-electron chi connectivity index (χ1n) is 6.50. The first kappa shape index (κ1) is 13.6. The number of benzene rings is 1. The van der Waals surface area contributed by atoms with Gasteiger partial charge >= 0.3 is 0 Å². The minimum atomic E-state index is 0.430. The lowest BCUT2D eigenvalue weighted by Crippen LogP contribution is -2.00. The van der Waals surface area contributed by atoms with Crippen LogP contribution in [0.5, 0.6) is 0 Å². The molecule has 3 rings (SSSR count). The van der Waals surface area contributed by atoms with Gasteiger partial charge in [0, 0.05) is 18.0 Å². The van der Waals surface area contributed by atoms with E-state index >= 15 is 0 Å². The molecule has 0 radical (unpaired) electrons. The Labute approximate surface area is 127 Å². The van der Waals surface area contributed by atoms with Gasteiger partial charge in [0.05, 0.1) is 5.69 Å². The normalized spacial score (nSPS) is 10.6. The first-order chi connectivity index (χ1) is 10.1. The van der Waals surface area contributed by atoms with E-state index in [1.54, 1.807) is 23.3 Å². The van der Waals surface area contributed by atoms with E-state index in [1.165, 1.54) is 5.56 Å². The summed E-state index contributed by atoms with van der Waals surface area (Å²) in [6.45, 7) is 4.00. The Morgan fingerprint density at radius 1 is 1.10 bits per heavy atom. The zero-order valence-electron chi connectivity index (χ0n) is 11.7. The van der Waals surface area contributed by atoms with E-state index in [9.17, 15) is 0 Å². The number of pyridine rings is 1. The van der Waals surface area contributed by atoms with Crippen molar-refractivity contribution in [2.24, 2.45) is 0 Å². The van der Waals surface area contributed by atoms with Crippen LogP contribution >= 0.6 is 11.6 Å². The maximum absolute atomic E-state index is 5.93. The number of halogens is 1. The lowest BCUT2D eigenvalue weighted by molar-refractivity contribution is 0.870. The van der Waals surface area contributed by atoms with Crippen molar-refractivity contribution in [2.45, 2.75) is 13.8 Å². The van der Waals surface area contributed by atoms with E-state index in [0.29, 0.717) is 11.1 Å². The molecule has 0 saturated carbocycles. The van der Waals surface area contributed by atoms with E-state index in [-0.39, 0.29) is 0 Å². The van der Waals surface area contributed by atoms with Crippen molar-refractivity contribution in [2.75, 3.05) is 5.32 Å². The van der Waals surface area contributed by atoms with Crippen LogP contribution in [0.2, 0.25) is 5.15 Å². The Hall–Kier alpha value is -2.40. The maximum Gasteiger partial charge on any atom is 0.246 e. The predicted molar refractivity (Wildman–Crippen MR) is 83.4 cm³/mol. The predicted octanol–water partition coefficient (Wildman–Crippen LogP) is 3.68. The molecule has 0 bridgehead atoms. The summed E-state index contributed by atoms with van der Waals surface area (Å²) in [6, 6.07) is 9.81. The summed E-state index contributed by atoms with van der Waals surface area (Å²) in [6.07, 6.45) is 3.36. The molecule has 2 aromatic heterocycles. The van der Waals surface area contributed by atoms with E-state index in [0.717, 1.165) is 16.9 Å². The van der Waals surface area contributed by atoms with Crippen molar-refractivity contribution in [1.82, 2.24) is 19.7 Å². The topological polar surface area (TPSA) is 55.6 Å². The van der Waals surface area contributed by atoms with Gasteiger partial charge in [-0.15, -0.1) is 5.10 Å². The van der Waals surface area contributed by atoms with Crippen LogP contribution in [0.4, 0.5) is 11.6 Å². The van der Waals surface area contributed by atoms with Gasteiger partial charge in [-0.2, -0.15) is 4.98 Å². The molecule has 0 atom stereocenters. The molecule has 0 spiro atoms. The summed E-state index contributed by atoms with van der Waals surface area (Å²) in [4.78, 5) is 8.29. The lowest BCUT2D eigenvalue weighted by atomic mass is 10.2. The van der Waals surface area contributed by atoms with Crippen LogP contribution in [0, 0.1) is 13.8 Å². The number of anilines is 2. The number of aromatic nitrogens is 4. The van der Waals surface area contributed by atoms with Gasteiger partial charge in [0.25, 0.3) is 0 Å². The van der Waals surface area contributed by atoms with Crippen LogP contribution < -0.4 is 5.32 Å². The number of nitrogens with one attached hydrogen (secondary N) is 1. The summed E-state index contributed by atoms with van der Waals surface area (Å²) in [5, 5.41) is 8.00. The molecule has 5 nitrogen and oxygen atoms in total. The largest absolute Gasteiger partial charge is 0.323 e.